The normalized spacial score (nSPS) is 14.3. The monoisotopic (exact) mass is 1100 g/mol. The third-order valence-electron chi connectivity index (χ3n) is 9.05. The molecule has 0 unspecified atom stereocenters. The van der Waals surface area contributed by atoms with Gasteiger partial charge in [-0.25, -0.2) is 0 Å². The SMILES string of the molecule is Fc1c(F)c([PH](c2c(F)c(F)c(C(F)(F)F)c(F)c2C(F)(F)F)(c2c(F)c(F)c(C(F)(F)F)c(F)c2C(F)(F)F)c2c(F)c(F)c(C(F)(F)F)c(F)c2C(F)(F)F)c(C(F)(F)F)c(F)c1C(F)(F)F. The molecule has 0 radical (unpaired) electrons. The molecule has 0 aliphatic carbocycles. The van der Waals surface area contributed by atoms with Crippen LogP contribution in [-0.2, 0) is 49.4 Å². The van der Waals surface area contributed by atoms with Crippen molar-refractivity contribution < 1.29 is 158 Å². The molecule has 0 spiro atoms. The summed E-state index contributed by atoms with van der Waals surface area (Å²) in [6.07, 6.45) is -63.2. The Labute approximate surface area is 351 Å². The van der Waals surface area contributed by atoms with E-state index < -0.39 is 192 Å². The Bertz CT molecular complexity index is 2380. The first kappa shape index (κ1) is 56.4. The molecule has 0 nitrogen and oxygen atoms in total. The van der Waals surface area contributed by atoms with Gasteiger partial charge in [-0.05, 0) is 0 Å². The number of hydrogen-bond donors (Lipinski definition) is 0. The van der Waals surface area contributed by atoms with Crippen LogP contribution in [0.5, 0.6) is 0 Å². The summed E-state index contributed by atoms with van der Waals surface area (Å²) in [6.45, 7) is 0. The maximum atomic E-state index is 16.6. The van der Waals surface area contributed by atoms with E-state index in [4.69, 9.17) is 0 Å². The molecule has 386 valence electrons. The first-order chi connectivity index (χ1) is 30.4. The summed E-state index contributed by atoms with van der Waals surface area (Å²) < 4.78 is 538. The summed E-state index contributed by atoms with van der Waals surface area (Å²) in [4.78, 5) is 0. The second kappa shape index (κ2) is 16.4. The van der Waals surface area contributed by atoms with Gasteiger partial charge in [0.15, 0.2) is 0 Å². The Hall–Kier alpha value is -5.21. The van der Waals surface area contributed by atoms with Crippen molar-refractivity contribution in [3.05, 3.63) is 114 Å². The van der Waals surface area contributed by atoms with Crippen molar-refractivity contribution in [2.24, 2.45) is 0 Å². The zero-order chi connectivity index (χ0) is 54.4. The van der Waals surface area contributed by atoms with Gasteiger partial charge < -0.3 is 0 Å². The zero-order valence-electron chi connectivity index (χ0n) is 30.1. The third kappa shape index (κ3) is 8.76. The van der Waals surface area contributed by atoms with Crippen LogP contribution in [-0.4, -0.2) is 0 Å². The van der Waals surface area contributed by atoms with Crippen molar-refractivity contribution in [1.82, 2.24) is 0 Å². The first-order valence-electron chi connectivity index (χ1n) is 15.8. The minimum absolute atomic E-state index is 4.75. The molecule has 0 N–H and O–H groups in total. The summed E-state index contributed by atoms with van der Waals surface area (Å²) in [5.41, 5.74) is -40.7. The van der Waals surface area contributed by atoms with Gasteiger partial charge in [0.1, 0.15) is 0 Å². The standard InChI is InChI=1S/C32HF36P/c33-9-1(25(45,46)47)13(37)17(41)21(5(9)29(57,58)59)69(22-6(30(60,61)62)10(34)2(26(48,49)50)14(38)18(22)42,23-7(31(63,64)65)11(35)3(27(51,52)53)15(39)19(23)43)24-8(32(66,67)68)12(36)4(28(54,55)56)16(40)20(24)44/h69H. The Balaban J connectivity index is 3.11. The second-order valence-electron chi connectivity index (χ2n) is 13.0. The van der Waals surface area contributed by atoms with E-state index in [1.807, 2.05) is 0 Å². The molecule has 4 aromatic carbocycles. The van der Waals surface area contributed by atoms with Gasteiger partial charge in [-0.3, -0.25) is 0 Å². The number of halogens is 36. The van der Waals surface area contributed by atoms with Gasteiger partial charge in [-0.2, -0.15) is 0 Å². The number of rotatable bonds is 4. The van der Waals surface area contributed by atoms with Crippen LogP contribution < -0.4 is 21.2 Å². The number of benzene rings is 4. The third-order valence-corrected chi connectivity index (χ3v) is 13.9. The fourth-order valence-corrected chi connectivity index (χ4v) is 12.6. The average molecular weight is 1100 g/mol. The van der Waals surface area contributed by atoms with Crippen molar-refractivity contribution >= 4 is 28.5 Å². The molecule has 0 saturated carbocycles. The van der Waals surface area contributed by atoms with Gasteiger partial charge in [0, 0.05) is 0 Å². The van der Waals surface area contributed by atoms with Gasteiger partial charge in [-0.1, -0.05) is 0 Å². The number of alkyl halides is 24. The van der Waals surface area contributed by atoms with E-state index in [0.29, 0.717) is 0 Å². The molecule has 37 heteroatoms. The molecule has 0 heterocycles. The van der Waals surface area contributed by atoms with Crippen LogP contribution in [0.15, 0.2) is 0 Å². The summed E-state index contributed by atoms with van der Waals surface area (Å²) in [5.74, 6) is -62.2. The Kier molecular flexibility index (Phi) is 13.4. The van der Waals surface area contributed by atoms with E-state index in [1.54, 1.807) is 0 Å². The second-order valence-corrected chi connectivity index (χ2v) is 16.5. The van der Waals surface area contributed by atoms with Crippen LogP contribution in [0.25, 0.3) is 0 Å². The zero-order valence-corrected chi connectivity index (χ0v) is 31.1. The van der Waals surface area contributed by atoms with Crippen molar-refractivity contribution in [3.8, 4) is 0 Å². The average Bonchev–Trinajstić information content (AvgIpc) is 3.08. The van der Waals surface area contributed by atoms with Crippen molar-refractivity contribution in [2.45, 2.75) is 49.4 Å². The van der Waals surface area contributed by atoms with Gasteiger partial charge >= 0.3 is 350 Å². The van der Waals surface area contributed by atoms with Crippen LogP contribution in [0.4, 0.5) is 158 Å². The van der Waals surface area contributed by atoms with E-state index in [9.17, 15) is 105 Å². The quantitative estimate of drug-likeness (QED) is 0.109. The molecule has 0 bridgehead atoms. The van der Waals surface area contributed by atoms with Crippen molar-refractivity contribution in [3.63, 3.8) is 0 Å². The Morgan fingerprint density at radius 2 is 0.275 bits per heavy atom. The Morgan fingerprint density at radius 3 is 0.377 bits per heavy atom. The predicted molar refractivity (Wildman–Crippen MR) is 152 cm³/mol. The van der Waals surface area contributed by atoms with E-state index in [-0.39, 0.29) is 0 Å². The maximum absolute atomic E-state index is 16.6. The molecule has 4 rings (SSSR count). The van der Waals surface area contributed by atoms with Crippen LogP contribution in [0.1, 0.15) is 44.5 Å². The molecule has 69 heavy (non-hydrogen) atoms. The van der Waals surface area contributed by atoms with Gasteiger partial charge in [0.25, 0.3) is 0 Å². The van der Waals surface area contributed by atoms with E-state index in [2.05, 4.69) is 0 Å². The van der Waals surface area contributed by atoms with Gasteiger partial charge in [0.2, 0.25) is 0 Å². The fourth-order valence-electron chi connectivity index (χ4n) is 6.86. The summed E-state index contributed by atoms with van der Waals surface area (Å²) in [6, 6.07) is 0. The molecule has 0 amide bonds. The predicted octanol–water partition coefficient (Wildman–Crippen LogP) is 13.9. The molecular formula is C32HF36P. The molecule has 0 aliphatic rings. The molecule has 0 atom stereocenters. The number of hydrogen-bond acceptors (Lipinski definition) is 0. The first-order valence-corrected chi connectivity index (χ1v) is 17.8. The molecule has 0 fully saturated rings. The summed E-state index contributed by atoms with van der Waals surface area (Å²) >= 11 is 0. The van der Waals surface area contributed by atoms with E-state index in [0.717, 1.165) is 0 Å². The van der Waals surface area contributed by atoms with Crippen LogP contribution >= 0.6 is 7.26 Å². The summed E-state index contributed by atoms with van der Waals surface area (Å²) in [5, 5.41) is -21.8. The van der Waals surface area contributed by atoms with Crippen LogP contribution in [0, 0.1) is 69.8 Å². The molecular weight excluding hydrogens is 1100 g/mol. The molecule has 0 saturated heterocycles. The van der Waals surface area contributed by atoms with E-state index in [1.165, 1.54) is 0 Å². The fraction of sp³-hybridized carbons (Fsp3) is 0.250. The van der Waals surface area contributed by atoms with Crippen molar-refractivity contribution in [2.75, 3.05) is 0 Å². The minimum atomic E-state index is -11.4. The van der Waals surface area contributed by atoms with Crippen LogP contribution in [0.3, 0.4) is 0 Å². The molecule has 0 aliphatic heterocycles. The topological polar surface area (TPSA) is 0 Å². The van der Waals surface area contributed by atoms with Gasteiger partial charge in [-0.15, -0.1) is 0 Å². The van der Waals surface area contributed by atoms with Gasteiger partial charge in [0.05, 0.1) is 0 Å². The Morgan fingerprint density at radius 1 is 0.159 bits per heavy atom. The van der Waals surface area contributed by atoms with E-state index >= 15 is 52.7 Å². The molecule has 0 aromatic heterocycles. The van der Waals surface area contributed by atoms with Crippen molar-refractivity contribution in [1.29, 1.82) is 0 Å². The summed E-state index contributed by atoms with van der Waals surface area (Å²) in [7, 11) is -11.4. The van der Waals surface area contributed by atoms with Crippen LogP contribution in [0.2, 0.25) is 0 Å². The molecule has 4 aromatic rings.